The second-order valence-electron chi connectivity index (χ2n) is 6.29. The SMILES string of the molecule is CC(C)(C)c1nc(CS(=O)(=O)CC(=O)N2CCOCC2)no1. The first-order valence-electron chi connectivity index (χ1n) is 7.06. The average molecular weight is 331 g/mol. The monoisotopic (exact) mass is 331 g/mol. The highest BCUT2D eigenvalue weighted by Gasteiger charge is 2.27. The molecule has 1 aromatic rings. The van der Waals surface area contributed by atoms with Crippen molar-refractivity contribution in [1.29, 1.82) is 0 Å². The lowest BCUT2D eigenvalue weighted by Gasteiger charge is -2.26. The van der Waals surface area contributed by atoms with E-state index in [-0.39, 0.29) is 11.2 Å². The van der Waals surface area contributed by atoms with Crippen LogP contribution in [-0.4, -0.2) is 61.4 Å². The predicted octanol–water partition coefficient (Wildman–Crippen LogP) is 0.141. The van der Waals surface area contributed by atoms with Crippen molar-refractivity contribution in [3.63, 3.8) is 0 Å². The largest absolute Gasteiger partial charge is 0.378 e. The fraction of sp³-hybridized carbons (Fsp3) is 0.769. The van der Waals surface area contributed by atoms with Gasteiger partial charge >= 0.3 is 0 Å². The fourth-order valence-corrected chi connectivity index (χ4v) is 3.13. The van der Waals surface area contributed by atoms with Crippen molar-refractivity contribution in [3.8, 4) is 0 Å². The molecule has 124 valence electrons. The number of sulfone groups is 1. The Labute approximate surface area is 129 Å². The molecule has 22 heavy (non-hydrogen) atoms. The molecule has 0 aliphatic carbocycles. The molecular weight excluding hydrogens is 310 g/mol. The van der Waals surface area contributed by atoms with E-state index in [1.54, 1.807) is 0 Å². The third-order valence-corrected chi connectivity index (χ3v) is 4.55. The third-order valence-electron chi connectivity index (χ3n) is 3.17. The van der Waals surface area contributed by atoms with Crippen LogP contribution in [0.5, 0.6) is 0 Å². The molecule has 0 radical (unpaired) electrons. The van der Waals surface area contributed by atoms with Crippen LogP contribution in [0.25, 0.3) is 0 Å². The van der Waals surface area contributed by atoms with Crippen molar-refractivity contribution in [2.75, 3.05) is 32.1 Å². The maximum atomic E-state index is 12.1. The Hall–Kier alpha value is -1.48. The van der Waals surface area contributed by atoms with E-state index < -0.39 is 27.3 Å². The van der Waals surface area contributed by atoms with Crippen LogP contribution in [-0.2, 0) is 30.5 Å². The second-order valence-corrected chi connectivity index (χ2v) is 8.36. The molecule has 8 nitrogen and oxygen atoms in total. The van der Waals surface area contributed by atoms with Gasteiger partial charge < -0.3 is 14.2 Å². The van der Waals surface area contributed by atoms with Gasteiger partial charge in [0, 0.05) is 18.5 Å². The van der Waals surface area contributed by atoms with Crippen molar-refractivity contribution in [3.05, 3.63) is 11.7 Å². The molecule has 0 saturated carbocycles. The Balaban J connectivity index is 1.98. The molecule has 0 bridgehead atoms. The Kier molecular flexibility index (Phi) is 4.86. The number of hydrogen-bond acceptors (Lipinski definition) is 7. The summed E-state index contributed by atoms with van der Waals surface area (Å²) in [6.07, 6.45) is 0. The van der Waals surface area contributed by atoms with Gasteiger partial charge in [-0.25, -0.2) is 8.42 Å². The Morgan fingerprint density at radius 2 is 1.91 bits per heavy atom. The molecule has 0 atom stereocenters. The molecule has 1 aromatic heterocycles. The molecule has 0 aromatic carbocycles. The maximum absolute atomic E-state index is 12.1. The molecular formula is C13H21N3O5S. The maximum Gasteiger partial charge on any atom is 0.237 e. The number of carbonyl (C=O) groups is 1. The normalized spacial score (nSPS) is 16.8. The summed E-state index contributed by atoms with van der Waals surface area (Å²) >= 11 is 0. The van der Waals surface area contributed by atoms with Crippen molar-refractivity contribution < 1.29 is 22.5 Å². The molecule has 1 aliphatic heterocycles. The zero-order valence-electron chi connectivity index (χ0n) is 13.0. The third kappa shape index (κ3) is 4.51. The van der Waals surface area contributed by atoms with E-state index >= 15 is 0 Å². The van der Waals surface area contributed by atoms with Gasteiger partial charge in [-0.3, -0.25) is 4.79 Å². The quantitative estimate of drug-likeness (QED) is 0.773. The first kappa shape index (κ1) is 16.9. The van der Waals surface area contributed by atoms with E-state index in [0.717, 1.165) is 0 Å². The fourth-order valence-electron chi connectivity index (χ4n) is 1.96. The number of hydrogen-bond donors (Lipinski definition) is 0. The van der Waals surface area contributed by atoms with Crippen molar-refractivity contribution >= 4 is 15.7 Å². The minimum absolute atomic E-state index is 0.0831. The number of nitrogens with zero attached hydrogens (tertiary/aromatic N) is 3. The second kappa shape index (κ2) is 6.33. The van der Waals surface area contributed by atoms with Gasteiger partial charge in [-0.15, -0.1) is 0 Å². The first-order chi connectivity index (χ1) is 10.2. The molecule has 1 fully saturated rings. The summed E-state index contributed by atoms with van der Waals surface area (Å²) in [5, 5.41) is 3.68. The molecule has 9 heteroatoms. The zero-order chi connectivity index (χ0) is 16.4. The molecule has 2 heterocycles. The predicted molar refractivity (Wildman–Crippen MR) is 77.9 cm³/mol. The van der Waals surface area contributed by atoms with Crippen LogP contribution in [0.3, 0.4) is 0 Å². The number of amides is 1. The summed E-state index contributed by atoms with van der Waals surface area (Å²) in [4.78, 5) is 17.6. The van der Waals surface area contributed by atoms with Gasteiger partial charge in [0.2, 0.25) is 11.8 Å². The Morgan fingerprint density at radius 3 is 2.45 bits per heavy atom. The number of carbonyl (C=O) groups excluding carboxylic acids is 1. The van der Waals surface area contributed by atoms with E-state index in [1.807, 2.05) is 20.8 Å². The summed E-state index contributed by atoms with van der Waals surface area (Å²) in [6.45, 7) is 7.38. The standard InChI is InChI=1S/C13H21N3O5S/c1-13(2,3)12-14-10(15-21-12)8-22(18,19)9-11(17)16-4-6-20-7-5-16/h4-9H2,1-3H3. The van der Waals surface area contributed by atoms with Gasteiger partial charge in [0.15, 0.2) is 15.7 Å². The minimum Gasteiger partial charge on any atom is -0.378 e. The number of rotatable bonds is 4. The summed E-state index contributed by atoms with van der Waals surface area (Å²) < 4.78 is 34.4. The summed E-state index contributed by atoms with van der Waals surface area (Å²) in [6, 6.07) is 0. The smallest absolute Gasteiger partial charge is 0.237 e. The lowest BCUT2D eigenvalue weighted by molar-refractivity contribution is -0.132. The first-order valence-corrected chi connectivity index (χ1v) is 8.88. The van der Waals surface area contributed by atoms with Gasteiger partial charge in [0.25, 0.3) is 0 Å². The molecule has 1 amide bonds. The summed E-state index contributed by atoms with van der Waals surface area (Å²) in [5.41, 5.74) is -0.349. The highest BCUT2D eigenvalue weighted by atomic mass is 32.2. The van der Waals surface area contributed by atoms with Crippen LogP contribution in [0.1, 0.15) is 32.5 Å². The van der Waals surface area contributed by atoms with Crippen LogP contribution in [0.2, 0.25) is 0 Å². The van der Waals surface area contributed by atoms with Crippen molar-refractivity contribution in [2.24, 2.45) is 0 Å². The van der Waals surface area contributed by atoms with Gasteiger partial charge in [-0.05, 0) is 0 Å². The molecule has 1 saturated heterocycles. The summed E-state index contributed by atoms with van der Waals surface area (Å²) in [7, 11) is -3.63. The van der Waals surface area contributed by atoms with E-state index in [9.17, 15) is 13.2 Å². The number of aromatic nitrogens is 2. The summed E-state index contributed by atoms with van der Waals surface area (Å²) in [5.74, 6) is -0.908. The lowest BCUT2D eigenvalue weighted by atomic mass is 9.97. The lowest BCUT2D eigenvalue weighted by Crippen LogP contribution is -2.43. The highest BCUT2D eigenvalue weighted by molar-refractivity contribution is 7.91. The van der Waals surface area contributed by atoms with Crippen LogP contribution < -0.4 is 0 Å². The highest BCUT2D eigenvalue weighted by Crippen LogP contribution is 2.20. The number of ether oxygens (including phenoxy) is 1. The van der Waals surface area contributed by atoms with Crippen LogP contribution >= 0.6 is 0 Å². The van der Waals surface area contributed by atoms with Gasteiger partial charge in [-0.2, -0.15) is 4.98 Å². The Morgan fingerprint density at radius 1 is 1.27 bits per heavy atom. The minimum atomic E-state index is -3.63. The Bertz CT molecular complexity index is 626. The average Bonchev–Trinajstić information content (AvgIpc) is 2.86. The van der Waals surface area contributed by atoms with E-state index in [4.69, 9.17) is 9.26 Å². The van der Waals surface area contributed by atoms with Crippen LogP contribution in [0.15, 0.2) is 4.52 Å². The van der Waals surface area contributed by atoms with E-state index in [2.05, 4.69) is 10.1 Å². The molecule has 2 rings (SSSR count). The van der Waals surface area contributed by atoms with Gasteiger partial charge in [0.1, 0.15) is 11.5 Å². The van der Waals surface area contributed by atoms with Crippen LogP contribution in [0.4, 0.5) is 0 Å². The van der Waals surface area contributed by atoms with E-state index in [1.165, 1.54) is 4.90 Å². The van der Waals surface area contributed by atoms with E-state index in [0.29, 0.717) is 32.2 Å². The van der Waals surface area contributed by atoms with Gasteiger partial charge in [0.05, 0.1) is 13.2 Å². The molecule has 0 N–H and O–H groups in total. The molecule has 0 spiro atoms. The molecule has 1 aliphatic rings. The molecule has 0 unspecified atom stereocenters. The van der Waals surface area contributed by atoms with Crippen molar-refractivity contribution in [1.82, 2.24) is 15.0 Å². The topological polar surface area (TPSA) is 103 Å². The number of morpholine rings is 1. The van der Waals surface area contributed by atoms with Crippen molar-refractivity contribution in [2.45, 2.75) is 31.9 Å². The van der Waals surface area contributed by atoms with Crippen LogP contribution in [0, 0.1) is 0 Å². The zero-order valence-corrected chi connectivity index (χ0v) is 13.9. The van der Waals surface area contributed by atoms with Gasteiger partial charge in [-0.1, -0.05) is 25.9 Å².